The molecule has 0 aliphatic heterocycles. The highest BCUT2D eigenvalue weighted by atomic mass is 79.9. The zero-order valence-corrected chi connectivity index (χ0v) is 10.0. The third-order valence-electron chi connectivity index (χ3n) is 1.92. The molecular weight excluding hydrogens is 265 g/mol. The summed E-state index contributed by atoms with van der Waals surface area (Å²) in [5.41, 5.74) is 1.44. The fourth-order valence-electron chi connectivity index (χ4n) is 1.08. The molecule has 0 aromatic heterocycles. The van der Waals surface area contributed by atoms with E-state index >= 15 is 0 Å². The fourth-order valence-corrected chi connectivity index (χ4v) is 1.53. The van der Waals surface area contributed by atoms with Gasteiger partial charge in [0.25, 0.3) is 0 Å². The molecule has 0 aliphatic carbocycles. The Morgan fingerprint density at radius 3 is 2.87 bits per heavy atom. The Labute approximate surface area is 95.7 Å². The minimum absolute atomic E-state index is 0.0262. The molecule has 0 amide bonds. The molecule has 15 heavy (non-hydrogen) atoms. The van der Waals surface area contributed by atoms with Crippen LogP contribution in [0.5, 0.6) is 0 Å². The van der Waals surface area contributed by atoms with Gasteiger partial charge in [0.05, 0.1) is 11.6 Å². The van der Waals surface area contributed by atoms with Crippen molar-refractivity contribution in [1.82, 2.24) is 0 Å². The molecule has 0 radical (unpaired) electrons. The Morgan fingerprint density at radius 1 is 1.60 bits per heavy atom. The van der Waals surface area contributed by atoms with Gasteiger partial charge in [-0.2, -0.15) is 0 Å². The second-order valence-corrected chi connectivity index (χ2v) is 3.87. The molecule has 0 unspecified atom stereocenters. The maximum Gasteiger partial charge on any atom is 0.325 e. The van der Waals surface area contributed by atoms with Crippen molar-refractivity contribution in [1.29, 1.82) is 0 Å². The lowest BCUT2D eigenvalue weighted by atomic mass is 10.2. The normalized spacial score (nSPS) is 9.87. The Hall–Kier alpha value is -1.10. The molecule has 1 rings (SSSR count). The standard InChI is InChI=1S/C10H11BrFNO2/c1-6-3-7(11)8(12)4-9(6)13-5-10(14)15-2/h3-4,13H,5H2,1-2H3. The molecule has 82 valence electrons. The summed E-state index contributed by atoms with van der Waals surface area (Å²) in [7, 11) is 1.30. The van der Waals surface area contributed by atoms with Crippen LogP contribution < -0.4 is 5.32 Å². The van der Waals surface area contributed by atoms with Crippen LogP contribution in [0.4, 0.5) is 10.1 Å². The third kappa shape index (κ3) is 3.20. The van der Waals surface area contributed by atoms with Gasteiger partial charge in [-0.3, -0.25) is 4.79 Å². The Morgan fingerprint density at radius 2 is 2.27 bits per heavy atom. The maximum absolute atomic E-state index is 13.2. The number of nitrogens with one attached hydrogen (secondary N) is 1. The highest BCUT2D eigenvalue weighted by molar-refractivity contribution is 9.10. The number of hydrogen-bond acceptors (Lipinski definition) is 3. The van der Waals surface area contributed by atoms with Gasteiger partial charge in [-0.05, 0) is 40.5 Å². The predicted molar refractivity (Wildman–Crippen MR) is 59.3 cm³/mol. The van der Waals surface area contributed by atoms with E-state index in [9.17, 15) is 9.18 Å². The molecule has 1 N–H and O–H groups in total. The number of rotatable bonds is 3. The number of anilines is 1. The molecule has 0 bridgehead atoms. The van der Waals surface area contributed by atoms with Gasteiger partial charge in [0.1, 0.15) is 12.4 Å². The summed E-state index contributed by atoms with van der Waals surface area (Å²) in [6.45, 7) is 1.85. The van der Waals surface area contributed by atoms with E-state index in [0.29, 0.717) is 10.2 Å². The van der Waals surface area contributed by atoms with Gasteiger partial charge < -0.3 is 10.1 Å². The van der Waals surface area contributed by atoms with E-state index < -0.39 is 5.97 Å². The van der Waals surface area contributed by atoms with Gasteiger partial charge in [0, 0.05) is 5.69 Å². The average molecular weight is 276 g/mol. The summed E-state index contributed by atoms with van der Waals surface area (Å²) in [5.74, 6) is -0.759. The molecule has 0 saturated heterocycles. The zero-order valence-electron chi connectivity index (χ0n) is 8.43. The van der Waals surface area contributed by atoms with E-state index in [-0.39, 0.29) is 12.4 Å². The topological polar surface area (TPSA) is 38.3 Å². The highest BCUT2D eigenvalue weighted by Crippen LogP contribution is 2.23. The van der Waals surface area contributed by atoms with E-state index in [0.717, 1.165) is 5.56 Å². The first-order valence-electron chi connectivity index (χ1n) is 4.31. The van der Waals surface area contributed by atoms with Crippen molar-refractivity contribution in [3.05, 3.63) is 28.0 Å². The molecule has 0 saturated carbocycles. The third-order valence-corrected chi connectivity index (χ3v) is 2.53. The van der Waals surface area contributed by atoms with Crippen molar-refractivity contribution in [2.75, 3.05) is 19.0 Å². The minimum atomic E-state index is -0.391. The maximum atomic E-state index is 13.2. The number of esters is 1. The number of ether oxygens (including phenoxy) is 1. The van der Waals surface area contributed by atoms with E-state index in [1.54, 1.807) is 6.07 Å². The van der Waals surface area contributed by atoms with E-state index in [2.05, 4.69) is 26.0 Å². The fraction of sp³-hybridized carbons (Fsp3) is 0.300. The van der Waals surface area contributed by atoms with Crippen molar-refractivity contribution < 1.29 is 13.9 Å². The molecule has 0 atom stereocenters. The van der Waals surface area contributed by atoms with Gasteiger partial charge in [0.2, 0.25) is 0 Å². The largest absolute Gasteiger partial charge is 0.468 e. The van der Waals surface area contributed by atoms with Crippen LogP contribution in [0.2, 0.25) is 0 Å². The molecule has 1 aromatic rings. The molecule has 3 nitrogen and oxygen atoms in total. The van der Waals surface area contributed by atoms with Crippen molar-refractivity contribution in [2.45, 2.75) is 6.92 Å². The van der Waals surface area contributed by atoms with Crippen LogP contribution >= 0.6 is 15.9 Å². The first-order valence-corrected chi connectivity index (χ1v) is 5.10. The smallest absolute Gasteiger partial charge is 0.325 e. The van der Waals surface area contributed by atoms with Crippen LogP contribution in [0.1, 0.15) is 5.56 Å². The first kappa shape index (κ1) is 12.0. The molecule has 5 heteroatoms. The van der Waals surface area contributed by atoms with Crippen molar-refractivity contribution in [3.8, 4) is 0 Å². The predicted octanol–water partition coefficient (Wildman–Crippen LogP) is 2.48. The summed E-state index contributed by atoms with van der Waals surface area (Å²) in [6.07, 6.45) is 0. The summed E-state index contributed by atoms with van der Waals surface area (Å²) in [4.78, 5) is 10.9. The molecular formula is C10H11BrFNO2. The lowest BCUT2D eigenvalue weighted by molar-refractivity contribution is -0.138. The molecule has 0 spiro atoms. The second kappa shape index (κ2) is 5.11. The van der Waals surface area contributed by atoms with E-state index in [1.807, 2.05) is 6.92 Å². The molecule has 0 heterocycles. The van der Waals surface area contributed by atoms with Crippen molar-refractivity contribution >= 4 is 27.6 Å². The van der Waals surface area contributed by atoms with Crippen LogP contribution in [0.25, 0.3) is 0 Å². The van der Waals surface area contributed by atoms with Gasteiger partial charge in [-0.1, -0.05) is 0 Å². The van der Waals surface area contributed by atoms with Gasteiger partial charge in [-0.25, -0.2) is 4.39 Å². The zero-order chi connectivity index (χ0) is 11.4. The average Bonchev–Trinajstić information content (AvgIpc) is 2.21. The monoisotopic (exact) mass is 275 g/mol. The van der Waals surface area contributed by atoms with Crippen LogP contribution in [0, 0.1) is 12.7 Å². The van der Waals surface area contributed by atoms with Gasteiger partial charge in [0.15, 0.2) is 0 Å². The molecule has 0 aliphatic rings. The Balaban J connectivity index is 2.77. The molecule has 1 aromatic carbocycles. The van der Waals surface area contributed by atoms with Crippen LogP contribution in [0.15, 0.2) is 16.6 Å². The highest BCUT2D eigenvalue weighted by Gasteiger charge is 2.06. The Bertz CT molecular complexity index is 382. The van der Waals surface area contributed by atoms with E-state index in [4.69, 9.17) is 0 Å². The summed E-state index contributed by atoms with van der Waals surface area (Å²) in [6, 6.07) is 2.98. The number of carbonyl (C=O) groups excluding carboxylic acids is 1. The van der Waals surface area contributed by atoms with E-state index in [1.165, 1.54) is 13.2 Å². The van der Waals surface area contributed by atoms with Crippen molar-refractivity contribution in [2.24, 2.45) is 0 Å². The summed E-state index contributed by atoms with van der Waals surface area (Å²) in [5, 5.41) is 2.80. The lowest BCUT2D eigenvalue weighted by Crippen LogP contribution is -2.15. The van der Waals surface area contributed by atoms with Gasteiger partial charge in [-0.15, -0.1) is 0 Å². The Kier molecular flexibility index (Phi) is 4.08. The van der Waals surface area contributed by atoms with Crippen LogP contribution in [0.3, 0.4) is 0 Å². The van der Waals surface area contributed by atoms with Crippen LogP contribution in [-0.2, 0) is 9.53 Å². The molecule has 0 fully saturated rings. The summed E-state index contributed by atoms with van der Waals surface area (Å²) >= 11 is 3.08. The summed E-state index contributed by atoms with van der Waals surface area (Å²) < 4.78 is 18.0. The lowest BCUT2D eigenvalue weighted by Gasteiger charge is -2.09. The second-order valence-electron chi connectivity index (χ2n) is 3.01. The van der Waals surface area contributed by atoms with Crippen molar-refractivity contribution in [3.63, 3.8) is 0 Å². The first-order chi connectivity index (χ1) is 7.04. The van der Waals surface area contributed by atoms with Crippen LogP contribution in [-0.4, -0.2) is 19.6 Å². The number of benzene rings is 1. The number of methoxy groups -OCH3 is 1. The van der Waals surface area contributed by atoms with Gasteiger partial charge >= 0.3 is 5.97 Å². The number of aryl methyl sites for hydroxylation is 1. The minimum Gasteiger partial charge on any atom is -0.468 e. The number of carbonyl (C=O) groups is 1. The SMILES string of the molecule is COC(=O)CNc1cc(F)c(Br)cc1C. The quantitative estimate of drug-likeness (QED) is 0.862. The number of hydrogen-bond donors (Lipinski definition) is 1. The number of halogens is 2.